The number of rotatable bonds is 3. The van der Waals surface area contributed by atoms with Crippen molar-refractivity contribution in [3.63, 3.8) is 0 Å². The van der Waals surface area contributed by atoms with Gasteiger partial charge in [-0.2, -0.15) is 0 Å². The van der Waals surface area contributed by atoms with Gasteiger partial charge in [0.15, 0.2) is 0 Å². The highest BCUT2D eigenvalue weighted by Gasteiger charge is 2.06. The molecule has 5 nitrogen and oxygen atoms in total. The van der Waals surface area contributed by atoms with Crippen LogP contribution in [0.25, 0.3) is 10.4 Å². The van der Waals surface area contributed by atoms with Crippen LogP contribution in [0, 0.1) is 0 Å². The predicted octanol–water partition coefficient (Wildman–Crippen LogP) is 1.39. The summed E-state index contributed by atoms with van der Waals surface area (Å²) in [5, 5.41) is 3.51. The summed E-state index contributed by atoms with van der Waals surface area (Å²) in [6.07, 6.45) is 1.64. The Balaban J connectivity index is 2.87. The van der Waals surface area contributed by atoms with Crippen molar-refractivity contribution in [3.05, 3.63) is 40.5 Å². The molecule has 0 unspecified atom stereocenters. The van der Waals surface area contributed by atoms with Crippen LogP contribution in [0.15, 0.2) is 29.5 Å². The Morgan fingerprint density at radius 1 is 1.67 bits per heavy atom. The van der Waals surface area contributed by atoms with Gasteiger partial charge in [-0.05, 0) is 17.7 Å². The van der Waals surface area contributed by atoms with E-state index >= 15 is 0 Å². The van der Waals surface area contributed by atoms with Crippen LogP contribution in [0.3, 0.4) is 0 Å². The lowest BCUT2D eigenvalue weighted by Crippen LogP contribution is -2.10. The maximum atomic E-state index is 8.20. The number of azide groups is 1. The molecule has 0 saturated heterocycles. The monoisotopic (exact) mass is 163 g/mol. The highest BCUT2D eigenvalue weighted by Crippen LogP contribution is 2.11. The molecule has 1 rings (SSSR count). The summed E-state index contributed by atoms with van der Waals surface area (Å²) in [6, 6.07) is 5.06. The SMILES string of the molecule is [N-]=[N+]=N[C@H](CN)c1ccccn1. The molecule has 5 heteroatoms. The zero-order valence-corrected chi connectivity index (χ0v) is 6.46. The van der Waals surface area contributed by atoms with Gasteiger partial charge >= 0.3 is 0 Å². The minimum Gasteiger partial charge on any atom is -0.330 e. The highest BCUT2D eigenvalue weighted by molar-refractivity contribution is 5.09. The van der Waals surface area contributed by atoms with E-state index in [0.29, 0.717) is 5.69 Å². The highest BCUT2D eigenvalue weighted by atomic mass is 15.2. The van der Waals surface area contributed by atoms with Crippen LogP contribution in [0.4, 0.5) is 0 Å². The molecule has 1 heterocycles. The zero-order chi connectivity index (χ0) is 8.81. The van der Waals surface area contributed by atoms with Crippen LogP contribution in [0.2, 0.25) is 0 Å². The van der Waals surface area contributed by atoms with Crippen LogP contribution < -0.4 is 5.73 Å². The summed E-state index contributed by atoms with van der Waals surface area (Å²) in [5.41, 5.74) is 14.3. The molecular weight excluding hydrogens is 154 g/mol. The molecule has 0 aliphatic rings. The number of aromatic nitrogens is 1. The first-order valence-electron chi connectivity index (χ1n) is 3.53. The smallest absolute Gasteiger partial charge is 0.0919 e. The third-order valence-corrected chi connectivity index (χ3v) is 1.44. The second-order valence-electron chi connectivity index (χ2n) is 2.21. The van der Waals surface area contributed by atoms with Gasteiger partial charge in [0.25, 0.3) is 0 Å². The third kappa shape index (κ3) is 1.95. The first kappa shape index (κ1) is 8.52. The minimum atomic E-state index is -0.351. The number of hydrogen-bond donors (Lipinski definition) is 1. The first-order chi connectivity index (χ1) is 5.88. The predicted molar refractivity (Wildman–Crippen MR) is 45.2 cm³/mol. The molecular formula is C7H9N5. The minimum absolute atomic E-state index is 0.279. The van der Waals surface area contributed by atoms with Crippen molar-refractivity contribution in [2.45, 2.75) is 6.04 Å². The Bertz CT molecular complexity index is 277. The molecule has 0 saturated carbocycles. The summed E-state index contributed by atoms with van der Waals surface area (Å²) < 4.78 is 0. The Kier molecular flexibility index (Phi) is 3.07. The van der Waals surface area contributed by atoms with Gasteiger partial charge in [0.05, 0.1) is 11.7 Å². The van der Waals surface area contributed by atoms with Crippen LogP contribution in [0.1, 0.15) is 11.7 Å². The second-order valence-corrected chi connectivity index (χ2v) is 2.21. The van der Waals surface area contributed by atoms with Crippen molar-refractivity contribution in [2.24, 2.45) is 10.8 Å². The van der Waals surface area contributed by atoms with E-state index in [1.165, 1.54) is 0 Å². The lowest BCUT2D eigenvalue weighted by Gasteiger charge is -2.05. The molecule has 62 valence electrons. The van der Waals surface area contributed by atoms with Gasteiger partial charge in [-0.15, -0.1) is 0 Å². The lowest BCUT2D eigenvalue weighted by molar-refractivity contribution is 0.705. The molecule has 1 atom stereocenters. The molecule has 1 aromatic heterocycles. The van der Waals surface area contributed by atoms with Gasteiger partial charge in [-0.1, -0.05) is 11.2 Å². The fourth-order valence-electron chi connectivity index (χ4n) is 0.862. The largest absolute Gasteiger partial charge is 0.330 e. The van der Waals surface area contributed by atoms with Crippen LogP contribution >= 0.6 is 0 Å². The standard InChI is InChI=1S/C7H9N5/c8-5-7(11-12-9)6-3-1-2-4-10-6/h1-4,7H,5,8H2/t7-/m1/s1. The van der Waals surface area contributed by atoms with Crippen molar-refractivity contribution >= 4 is 0 Å². The van der Waals surface area contributed by atoms with Crippen LogP contribution in [0.5, 0.6) is 0 Å². The van der Waals surface area contributed by atoms with E-state index in [9.17, 15) is 0 Å². The first-order valence-corrected chi connectivity index (χ1v) is 3.53. The normalized spacial score (nSPS) is 11.8. The Hall–Kier alpha value is -1.58. The van der Waals surface area contributed by atoms with Crippen molar-refractivity contribution in [1.82, 2.24) is 4.98 Å². The molecule has 12 heavy (non-hydrogen) atoms. The molecule has 0 radical (unpaired) electrons. The molecule has 0 aliphatic heterocycles. The van der Waals surface area contributed by atoms with E-state index in [4.69, 9.17) is 11.3 Å². The third-order valence-electron chi connectivity index (χ3n) is 1.44. The maximum absolute atomic E-state index is 8.20. The van der Waals surface area contributed by atoms with Gasteiger partial charge in [-0.25, -0.2) is 0 Å². The van der Waals surface area contributed by atoms with Crippen molar-refractivity contribution < 1.29 is 0 Å². The molecule has 0 fully saturated rings. The summed E-state index contributed by atoms with van der Waals surface area (Å²) in [7, 11) is 0. The van der Waals surface area contributed by atoms with E-state index in [1.54, 1.807) is 18.3 Å². The quantitative estimate of drug-likeness (QED) is 0.414. The molecule has 1 aromatic rings. The average molecular weight is 163 g/mol. The van der Waals surface area contributed by atoms with E-state index < -0.39 is 0 Å². The summed E-state index contributed by atoms with van der Waals surface area (Å²) in [5.74, 6) is 0. The Morgan fingerprint density at radius 3 is 3.00 bits per heavy atom. The number of hydrogen-bond acceptors (Lipinski definition) is 3. The average Bonchev–Trinajstić information content (AvgIpc) is 2.15. The fourth-order valence-corrected chi connectivity index (χ4v) is 0.862. The Labute approximate surface area is 69.9 Å². The van der Waals surface area contributed by atoms with Crippen molar-refractivity contribution in [2.75, 3.05) is 6.54 Å². The number of nitrogens with zero attached hydrogens (tertiary/aromatic N) is 4. The van der Waals surface area contributed by atoms with Gasteiger partial charge in [0.1, 0.15) is 0 Å². The molecule has 0 amide bonds. The van der Waals surface area contributed by atoms with Crippen molar-refractivity contribution in [3.8, 4) is 0 Å². The summed E-state index contributed by atoms with van der Waals surface area (Å²) in [4.78, 5) is 6.71. The van der Waals surface area contributed by atoms with E-state index in [2.05, 4.69) is 15.0 Å². The molecule has 0 spiro atoms. The molecule has 0 bridgehead atoms. The second kappa shape index (κ2) is 4.33. The zero-order valence-electron chi connectivity index (χ0n) is 6.46. The van der Waals surface area contributed by atoms with E-state index in [0.717, 1.165) is 0 Å². The molecule has 0 aromatic carbocycles. The fraction of sp³-hybridized carbons (Fsp3) is 0.286. The topological polar surface area (TPSA) is 87.7 Å². The van der Waals surface area contributed by atoms with Gasteiger partial charge in [-0.3, -0.25) is 4.98 Å². The van der Waals surface area contributed by atoms with Gasteiger partial charge in [0, 0.05) is 17.7 Å². The molecule has 2 N–H and O–H groups in total. The number of pyridine rings is 1. The molecule has 0 aliphatic carbocycles. The van der Waals surface area contributed by atoms with Crippen LogP contribution in [-0.4, -0.2) is 11.5 Å². The summed E-state index contributed by atoms with van der Waals surface area (Å²) in [6.45, 7) is 0.279. The van der Waals surface area contributed by atoms with Gasteiger partial charge < -0.3 is 5.73 Å². The summed E-state index contributed by atoms with van der Waals surface area (Å²) >= 11 is 0. The maximum Gasteiger partial charge on any atom is 0.0919 e. The lowest BCUT2D eigenvalue weighted by atomic mass is 10.2. The van der Waals surface area contributed by atoms with E-state index in [-0.39, 0.29) is 12.6 Å². The van der Waals surface area contributed by atoms with E-state index in [1.807, 2.05) is 6.07 Å². The number of nitrogens with two attached hydrogens (primary N) is 1. The Morgan fingerprint density at radius 2 is 2.50 bits per heavy atom. The van der Waals surface area contributed by atoms with Crippen LogP contribution in [-0.2, 0) is 0 Å². The van der Waals surface area contributed by atoms with Gasteiger partial charge in [0.2, 0.25) is 0 Å². The van der Waals surface area contributed by atoms with Crippen molar-refractivity contribution in [1.29, 1.82) is 0 Å².